The number of carbonyl (C=O) groups is 2. The minimum Gasteiger partial charge on any atom is -0.475 e. The Morgan fingerprint density at radius 3 is 2.69 bits per heavy atom. The van der Waals surface area contributed by atoms with Gasteiger partial charge < -0.3 is 20.7 Å². The Morgan fingerprint density at radius 1 is 1.24 bits per heavy atom. The third-order valence-corrected chi connectivity index (χ3v) is 3.76. The summed E-state index contributed by atoms with van der Waals surface area (Å²) >= 11 is 0. The molecule has 29 heavy (non-hydrogen) atoms. The number of halogens is 3. The molecule has 11 heteroatoms. The van der Waals surface area contributed by atoms with E-state index in [2.05, 4.69) is 26.3 Å². The van der Waals surface area contributed by atoms with Gasteiger partial charge in [0.25, 0.3) is 0 Å². The van der Waals surface area contributed by atoms with Crippen LogP contribution < -0.4 is 26.0 Å². The van der Waals surface area contributed by atoms with Crippen LogP contribution in [0.5, 0.6) is 5.88 Å². The number of alkyl halides is 3. The van der Waals surface area contributed by atoms with E-state index in [1.54, 1.807) is 32.0 Å². The molecule has 0 fully saturated rings. The minimum absolute atomic E-state index is 0.123. The van der Waals surface area contributed by atoms with Crippen molar-refractivity contribution >= 4 is 29.1 Å². The SMILES string of the molecule is CC(C)Oc1nc(C(F)(F)F)ccc1CNC(=O)Nc1cccc2c1[N]C(=O)N2. The van der Waals surface area contributed by atoms with Crippen molar-refractivity contribution in [3.05, 3.63) is 41.6 Å². The highest BCUT2D eigenvalue weighted by molar-refractivity contribution is 6.07. The zero-order chi connectivity index (χ0) is 21.2. The Bertz CT molecular complexity index is 947. The van der Waals surface area contributed by atoms with Gasteiger partial charge in [0.05, 0.1) is 17.5 Å². The number of urea groups is 2. The van der Waals surface area contributed by atoms with Gasteiger partial charge in [0.15, 0.2) is 0 Å². The molecule has 0 spiro atoms. The summed E-state index contributed by atoms with van der Waals surface area (Å²) in [5.74, 6) is -0.208. The Labute approximate surface area is 163 Å². The molecule has 0 unspecified atom stereocenters. The fraction of sp³-hybridized carbons (Fsp3) is 0.278. The Kier molecular flexibility index (Phi) is 5.48. The van der Waals surface area contributed by atoms with Crippen LogP contribution in [0.2, 0.25) is 0 Å². The summed E-state index contributed by atoms with van der Waals surface area (Å²) in [6.07, 6.45) is -5.02. The second kappa shape index (κ2) is 7.86. The van der Waals surface area contributed by atoms with E-state index < -0.39 is 30.0 Å². The number of fused-ring (bicyclic) bond motifs is 1. The average molecular weight is 408 g/mol. The summed E-state index contributed by atoms with van der Waals surface area (Å²) in [7, 11) is 0. The van der Waals surface area contributed by atoms with Crippen LogP contribution in [0.4, 0.5) is 39.8 Å². The van der Waals surface area contributed by atoms with Gasteiger partial charge in [-0.25, -0.2) is 14.6 Å². The van der Waals surface area contributed by atoms with Crippen molar-refractivity contribution < 1.29 is 27.5 Å². The maximum absolute atomic E-state index is 12.9. The molecular weight excluding hydrogens is 391 g/mol. The molecule has 0 atom stereocenters. The molecule has 1 radical (unpaired) electrons. The highest BCUT2D eigenvalue weighted by Crippen LogP contribution is 2.34. The van der Waals surface area contributed by atoms with E-state index >= 15 is 0 Å². The number of para-hydroxylation sites is 1. The van der Waals surface area contributed by atoms with Crippen LogP contribution in [0.15, 0.2) is 30.3 Å². The lowest BCUT2D eigenvalue weighted by atomic mass is 10.2. The van der Waals surface area contributed by atoms with Gasteiger partial charge in [-0.05, 0) is 38.1 Å². The van der Waals surface area contributed by atoms with E-state index in [0.29, 0.717) is 17.1 Å². The number of aromatic nitrogens is 1. The third-order valence-electron chi connectivity index (χ3n) is 3.76. The quantitative estimate of drug-likeness (QED) is 0.695. The first-order chi connectivity index (χ1) is 13.6. The molecule has 1 aromatic heterocycles. The number of amides is 4. The van der Waals surface area contributed by atoms with Crippen LogP contribution in [0.25, 0.3) is 0 Å². The number of carbonyl (C=O) groups excluding carboxylic acids is 2. The first-order valence-corrected chi connectivity index (χ1v) is 8.58. The molecule has 0 aliphatic carbocycles. The van der Waals surface area contributed by atoms with Crippen molar-refractivity contribution in [2.24, 2.45) is 0 Å². The van der Waals surface area contributed by atoms with Gasteiger partial charge in [-0.2, -0.15) is 18.5 Å². The number of anilines is 2. The lowest BCUT2D eigenvalue weighted by molar-refractivity contribution is -0.141. The molecule has 3 N–H and O–H groups in total. The second-order valence-electron chi connectivity index (χ2n) is 6.38. The van der Waals surface area contributed by atoms with E-state index in [1.807, 2.05) is 0 Å². The molecule has 0 saturated carbocycles. The van der Waals surface area contributed by atoms with Crippen molar-refractivity contribution in [2.45, 2.75) is 32.7 Å². The zero-order valence-corrected chi connectivity index (χ0v) is 15.4. The molecule has 1 aromatic carbocycles. The number of pyridine rings is 1. The van der Waals surface area contributed by atoms with Gasteiger partial charge in [0.2, 0.25) is 5.88 Å². The van der Waals surface area contributed by atoms with Crippen LogP contribution in [0, 0.1) is 0 Å². The molecule has 2 aromatic rings. The molecule has 3 rings (SSSR count). The minimum atomic E-state index is -4.61. The highest BCUT2D eigenvalue weighted by Gasteiger charge is 2.33. The fourth-order valence-corrected chi connectivity index (χ4v) is 2.54. The molecule has 2 heterocycles. The number of nitrogens with one attached hydrogen (secondary N) is 3. The fourth-order valence-electron chi connectivity index (χ4n) is 2.54. The van der Waals surface area contributed by atoms with Gasteiger partial charge in [-0.3, -0.25) is 0 Å². The maximum atomic E-state index is 12.9. The van der Waals surface area contributed by atoms with Gasteiger partial charge in [-0.1, -0.05) is 6.07 Å². The number of hydrogen-bond acceptors (Lipinski definition) is 4. The number of benzene rings is 1. The summed E-state index contributed by atoms with van der Waals surface area (Å²) in [4.78, 5) is 27.1. The Balaban J connectivity index is 1.70. The summed E-state index contributed by atoms with van der Waals surface area (Å²) < 4.78 is 44.0. The topological polar surface area (TPSA) is 106 Å². The molecule has 8 nitrogen and oxygen atoms in total. The van der Waals surface area contributed by atoms with E-state index in [4.69, 9.17) is 4.74 Å². The number of hydrogen-bond donors (Lipinski definition) is 3. The first-order valence-electron chi connectivity index (χ1n) is 8.58. The van der Waals surface area contributed by atoms with Crippen molar-refractivity contribution in [2.75, 3.05) is 10.6 Å². The maximum Gasteiger partial charge on any atom is 0.433 e. The molecule has 1 aliphatic rings. The molecule has 4 amide bonds. The van der Waals surface area contributed by atoms with Crippen molar-refractivity contribution in [1.29, 1.82) is 0 Å². The number of nitrogens with zero attached hydrogens (tertiary/aromatic N) is 2. The zero-order valence-electron chi connectivity index (χ0n) is 15.4. The predicted octanol–water partition coefficient (Wildman–Crippen LogP) is 3.99. The molecule has 153 valence electrons. The highest BCUT2D eigenvalue weighted by atomic mass is 19.4. The Morgan fingerprint density at radius 2 is 2.00 bits per heavy atom. The molecular formula is C18H17F3N5O3. The van der Waals surface area contributed by atoms with Crippen molar-refractivity contribution in [3.63, 3.8) is 0 Å². The van der Waals surface area contributed by atoms with Crippen molar-refractivity contribution in [1.82, 2.24) is 15.6 Å². The normalized spacial score (nSPS) is 12.8. The second-order valence-corrected chi connectivity index (χ2v) is 6.38. The number of rotatable bonds is 5. The van der Waals surface area contributed by atoms with Gasteiger partial charge in [0, 0.05) is 12.1 Å². The monoisotopic (exact) mass is 408 g/mol. The van der Waals surface area contributed by atoms with Gasteiger partial charge in [0.1, 0.15) is 11.4 Å². The van der Waals surface area contributed by atoms with Crippen LogP contribution >= 0.6 is 0 Å². The van der Waals surface area contributed by atoms with Crippen LogP contribution in [0.3, 0.4) is 0 Å². The molecule has 0 saturated heterocycles. The van der Waals surface area contributed by atoms with E-state index in [0.717, 1.165) is 6.07 Å². The smallest absolute Gasteiger partial charge is 0.433 e. The van der Waals surface area contributed by atoms with Crippen LogP contribution in [-0.4, -0.2) is 23.2 Å². The third kappa shape index (κ3) is 4.86. The lowest BCUT2D eigenvalue weighted by Gasteiger charge is -2.16. The number of ether oxygens (including phenoxy) is 1. The van der Waals surface area contributed by atoms with E-state index in [1.165, 1.54) is 6.07 Å². The van der Waals surface area contributed by atoms with Crippen molar-refractivity contribution in [3.8, 4) is 5.88 Å². The summed E-state index contributed by atoms with van der Waals surface area (Å²) in [6, 6.07) is 5.67. The van der Waals surface area contributed by atoms with Crippen LogP contribution in [-0.2, 0) is 12.7 Å². The summed E-state index contributed by atoms with van der Waals surface area (Å²) in [5, 5.41) is 11.4. The van der Waals surface area contributed by atoms with Crippen LogP contribution in [0.1, 0.15) is 25.1 Å². The standard InChI is InChI=1S/C18H17F3N5O3/c1-9(2)29-15-10(6-7-13(25-15)18(19,20)21)8-22-16(27)23-11-4-3-5-12-14(11)26-17(28)24-12/h3-7,9H,8H2,1-2H3,(H,24,28)(H2,22,23,27). The largest absolute Gasteiger partial charge is 0.475 e. The van der Waals surface area contributed by atoms with E-state index in [-0.39, 0.29) is 18.0 Å². The Hall–Kier alpha value is -3.50. The van der Waals surface area contributed by atoms with Gasteiger partial charge in [-0.15, -0.1) is 0 Å². The lowest BCUT2D eigenvalue weighted by Crippen LogP contribution is -2.29. The van der Waals surface area contributed by atoms with E-state index in [9.17, 15) is 22.8 Å². The first kappa shape index (κ1) is 20.2. The average Bonchev–Trinajstić information content (AvgIpc) is 3.00. The predicted molar refractivity (Wildman–Crippen MR) is 98.1 cm³/mol. The van der Waals surface area contributed by atoms with Gasteiger partial charge >= 0.3 is 18.2 Å². The molecule has 0 bridgehead atoms. The molecule has 1 aliphatic heterocycles. The summed E-state index contributed by atoms with van der Waals surface area (Å²) in [6.45, 7) is 3.18. The summed E-state index contributed by atoms with van der Waals surface area (Å²) in [5.41, 5.74) is 0.268.